The molecule has 9 nitrogen and oxygen atoms in total. The lowest BCUT2D eigenvalue weighted by Gasteiger charge is -2.74. The molecule has 5 saturated carbocycles. The fourth-order valence-corrected chi connectivity index (χ4v) is 9.41. The molecule has 0 atom stereocenters. The van der Waals surface area contributed by atoms with Crippen LogP contribution in [0.2, 0.25) is 0 Å². The molecule has 2 aliphatic heterocycles. The quantitative estimate of drug-likeness (QED) is 0.620. The first-order chi connectivity index (χ1) is 17.5. The Kier molecular flexibility index (Phi) is 4.28. The third-order valence-electron chi connectivity index (χ3n) is 10.4. The first-order valence-electron chi connectivity index (χ1n) is 14.0. The van der Waals surface area contributed by atoms with Crippen LogP contribution in [0, 0.1) is 22.2 Å². The van der Waals surface area contributed by atoms with Crippen LogP contribution < -0.4 is 0 Å². The smallest absolute Gasteiger partial charge is 0.320 e. The van der Waals surface area contributed by atoms with Crippen molar-refractivity contribution in [3.63, 3.8) is 0 Å². The molecule has 10 heteroatoms. The van der Waals surface area contributed by atoms with E-state index < -0.39 is 5.60 Å². The predicted molar refractivity (Wildman–Crippen MR) is 137 cm³/mol. The normalized spacial score (nSPS) is 33.3. The fraction of sp³-hybridized carbons (Fsp3) is 0.815. The number of nitrogens with one attached hydrogen (secondary N) is 1. The van der Waals surface area contributed by atoms with Crippen LogP contribution in [-0.4, -0.2) is 72.5 Å². The Morgan fingerprint density at radius 3 is 2.46 bits per heavy atom. The van der Waals surface area contributed by atoms with E-state index in [1.54, 1.807) is 0 Å². The monoisotopic (exact) mass is 523 g/mol. The van der Waals surface area contributed by atoms with Crippen LogP contribution in [0.5, 0.6) is 0 Å². The van der Waals surface area contributed by atoms with Crippen LogP contribution >= 0.6 is 11.3 Å². The zero-order chi connectivity index (χ0) is 25.4. The molecule has 37 heavy (non-hydrogen) atoms. The highest BCUT2D eigenvalue weighted by Crippen LogP contribution is 2.77. The van der Waals surface area contributed by atoms with Crippen LogP contribution in [-0.2, 0) is 17.4 Å². The number of aromatic nitrogens is 5. The molecular formula is C27H37N7O2S. The number of nitrogens with zero attached hydrogens (tertiary/aromatic N) is 6. The summed E-state index contributed by atoms with van der Waals surface area (Å²) in [6.07, 6.45) is 8.36. The molecule has 2 aromatic rings. The molecule has 2 bridgehead atoms. The molecule has 198 valence electrons. The van der Waals surface area contributed by atoms with Crippen molar-refractivity contribution in [1.82, 2.24) is 35.2 Å². The molecule has 2 aromatic heterocycles. The van der Waals surface area contributed by atoms with E-state index in [2.05, 4.69) is 51.0 Å². The largest absolute Gasteiger partial charge is 0.382 e. The highest BCUT2D eigenvalue weighted by Gasteiger charge is 2.73. The van der Waals surface area contributed by atoms with E-state index >= 15 is 0 Å². The van der Waals surface area contributed by atoms with Gasteiger partial charge < -0.3 is 14.9 Å². The minimum absolute atomic E-state index is 0.237. The fourth-order valence-electron chi connectivity index (χ4n) is 8.08. The van der Waals surface area contributed by atoms with Gasteiger partial charge in [0.2, 0.25) is 0 Å². The molecule has 2 amide bonds. The molecule has 2 saturated heterocycles. The summed E-state index contributed by atoms with van der Waals surface area (Å²) >= 11 is 1.83. The number of hydrogen-bond donors (Lipinski definition) is 2. The Labute approximate surface area is 221 Å². The second-order valence-electron chi connectivity index (χ2n) is 14.8. The number of urea groups is 1. The Hall–Kier alpha value is -2.07. The van der Waals surface area contributed by atoms with Crippen molar-refractivity contribution in [2.75, 3.05) is 26.2 Å². The van der Waals surface area contributed by atoms with E-state index in [-0.39, 0.29) is 16.9 Å². The van der Waals surface area contributed by atoms with Gasteiger partial charge >= 0.3 is 6.03 Å². The number of rotatable bonds is 5. The molecule has 0 radical (unpaired) electrons. The Balaban J connectivity index is 0.796. The summed E-state index contributed by atoms with van der Waals surface area (Å²) in [4.78, 5) is 21.8. The SMILES string of the molecule is CC(C)(C)Cc1nnc(C23CC(C4CN(C(=O)N5CC6(CC(c7nc(C8(O)CC8)n[nH]7)C6)C5)C4)(C2)C3)s1. The number of likely N-dealkylation sites (tertiary alicyclic amines) is 2. The number of aliphatic hydroxyl groups is 1. The van der Waals surface area contributed by atoms with Gasteiger partial charge in [0, 0.05) is 49.3 Å². The zero-order valence-electron chi connectivity index (χ0n) is 22.1. The van der Waals surface area contributed by atoms with E-state index in [0.29, 0.717) is 28.5 Å². The van der Waals surface area contributed by atoms with E-state index in [9.17, 15) is 9.90 Å². The van der Waals surface area contributed by atoms with E-state index in [1.807, 2.05) is 16.2 Å². The molecule has 4 heterocycles. The summed E-state index contributed by atoms with van der Waals surface area (Å²) in [5.74, 6) is 2.50. The van der Waals surface area contributed by atoms with Crippen molar-refractivity contribution in [2.24, 2.45) is 22.2 Å². The number of amides is 2. The van der Waals surface area contributed by atoms with Gasteiger partial charge in [-0.1, -0.05) is 20.8 Å². The summed E-state index contributed by atoms with van der Waals surface area (Å²) < 4.78 is 0. The van der Waals surface area contributed by atoms with Crippen molar-refractivity contribution >= 4 is 17.4 Å². The molecule has 1 spiro atoms. The van der Waals surface area contributed by atoms with Gasteiger partial charge in [-0.2, -0.15) is 5.10 Å². The lowest BCUT2D eigenvalue weighted by Crippen LogP contribution is -2.74. The van der Waals surface area contributed by atoms with Crippen LogP contribution in [0.3, 0.4) is 0 Å². The van der Waals surface area contributed by atoms with Crippen molar-refractivity contribution in [3.8, 4) is 0 Å². The summed E-state index contributed by atoms with van der Waals surface area (Å²) in [5.41, 5.74) is 0.480. The molecular weight excluding hydrogens is 486 g/mol. The molecule has 2 N–H and O–H groups in total. The molecule has 7 fully saturated rings. The van der Waals surface area contributed by atoms with Crippen LogP contribution in [0.1, 0.15) is 93.3 Å². The average Bonchev–Trinajstić information content (AvgIpc) is 3.07. The summed E-state index contributed by atoms with van der Waals surface area (Å²) in [5, 5.41) is 29.0. The maximum atomic E-state index is 13.1. The van der Waals surface area contributed by atoms with Crippen molar-refractivity contribution in [1.29, 1.82) is 0 Å². The van der Waals surface area contributed by atoms with Crippen molar-refractivity contribution in [3.05, 3.63) is 21.7 Å². The van der Waals surface area contributed by atoms with E-state index in [0.717, 1.165) is 64.1 Å². The number of H-pyrrole nitrogens is 1. The van der Waals surface area contributed by atoms with Gasteiger partial charge in [-0.05, 0) is 61.7 Å². The van der Waals surface area contributed by atoms with Crippen LogP contribution in [0.4, 0.5) is 4.79 Å². The minimum Gasteiger partial charge on any atom is -0.382 e. The van der Waals surface area contributed by atoms with Gasteiger partial charge in [0.25, 0.3) is 0 Å². The number of carbonyl (C=O) groups is 1. The maximum absolute atomic E-state index is 13.1. The average molecular weight is 524 g/mol. The van der Waals surface area contributed by atoms with Gasteiger partial charge in [0.15, 0.2) is 5.82 Å². The predicted octanol–water partition coefficient (Wildman–Crippen LogP) is 3.58. The lowest BCUT2D eigenvalue weighted by atomic mass is 9.31. The summed E-state index contributed by atoms with van der Waals surface area (Å²) in [6, 6.07) is 0.237. The first kappa shape index (κ1) is 22.9. The topological polar surface area (TPSA) is 111 Å². The second-order valence-corrected chi connectivity index (χ2v) is 15.9. The highest BCUT2D eigenvalue weighted by molar-refractivity contribution is 7.11. The Morgan fingerprint density at radius 1 is 1.11 bits per heavy atom. The van der Waals surface area contributed by atoms with Gasteiger partial charge in [-0.15, -0.1) is 21.5 Å². The Morgan fingerprint density at radius 2 is 1.81 bits per heavy atom. The Bertz CT molecular complexity index is 1250. The third-order valence-corrected chi connectivity index (χ3v) is 11.6. The van der Waals surface area contributed by atoms with Crippen LogP contribution in [0.25, 0.3) is 0 Å². The molecule has 0 unspecified atom stereocenters. The van der Waals surface area contributed by atoms with Gasteiger partial charge in [-0.3, -0.25) is 5.10 Å². The standard InChI is InChI=1S/C27H37N7O2S/c1-23(2,3)8-18-29-32-21(37-18)26-11-25(12-26,13-26)17-9-33(10-17)22(35)34-14-24(15-34)6-16(7-24)19-28-20(31-30-19)27(36)4-5-27/h16-17,36H,4-15H2,1-3H3,(H,28,30,31). The minimum atomic E-state index is -0.779. The first-order valence-corrected chi connectivity index (χ1v) is 14.8. The van der Waals surface area contributed by atoms with Gasteiger partial charge in [-0.25, -0.2) is 9.78 Å². The highest BCUT2D eigenvalue weighted by atomic mass is 32.1. The van der Waals surface area contributed by atoms with Crippen molar-refractivity contribution < 1.29 is 9.90 Å². The van der Waals surface area contributed by atoms with Gasteiger partial charge in [0.05, 0.1) is 0 Å². The van der Waals surface area contributed by atoms with E-state index in [4.69, 9.17) is 0 Å². The third kappa shape index (κ3) is 3.33. The van der Waals surface area contributed by atoms with Crippen molar-refractivity contribution in [2.45, 2.75) is 89.1 Å². The van der Waals surface area contributed by atoms with Crippen LogP contribution in [0.15, 0.2) is 0 Å². The molecule has 9 rings (SSSR count). The number of aromatic amines is 1. The lowest BCUT2D eigenvalue weighted by molar-refractivity contribution is -0.208. The van der Waals surface area contributed by atoms with E-state index in [1.165, 1.54) is 29.3 Å². The number of hydrogen-bond acceptors (Lipinski definition) is 7. The maximum Gasteiger partial charge on any atom is 0.320 e. The summed E-state index contributed by atoms with van der Waals surface area (Å²) in [7, 11) is 0. The molecule has 7 aliphatic rings. The van der Waals surface area contributed by atoms with Gasteiger partial charge in [0.1, 0.15) is 21.4 Å². The zero-order valence-corrected chi connectivity index (χ0v) is 22.9. The molecule has 5 aliphatic carbocycles. The molecule has 0 aromatic carbocycles. The summed E-state index contributed by atoms with van der Waals surface area (Å²) in [6.45, 7) is 10.4. The second kappa shape index (κ2) is 6.92. The number of carbonyl (C=O) groups excluding carboxylic acids is 1.